The molecule has 4 nitrogen and oxygen atoms in total. The van der Waals surface area contributed by atoms with Crippen molar-refractivity contribution in [3.05, 3.63) is 58.1 Å². The summed E-state index contributed by atoms with van der Waals surface area (Å²) in [5.74, 6) is 0. The molecule has 1 heterocycles. The van der Waals surface area contributed by atoms with E-state index in [2.05, 4.69) is 4.98 Å². The number of aromatic nitrogens is 1. The van der Waals surface area contributed by atoms with Gasteiger partial charge in [-0.15, -0.1) is 11.3 Å². The molecule has 2 aromatic carbocycles. The highest BCUT2D eigenvalue weighted by molar-refractivity contribution is 7.89. The second-order valence-corrected chi connectivity index (χ2v) is 9.44. The van der Waals surface area contributed by atoms with Gasteiger partial charge in [-0.2, -0.15) is 4.31 Å². The first-order valence-electron chi connectivity index (χ1n) is 8.13. The van der Waals surface area contributed by atoms with Crippen LogP contribution < -0.4 is 0 Å². The molecule has 0 N–H and O–H groups in total. The Morgan fingerprint density at radius 2 is 1.68 bits per heavy atom. The lowest BCUT2D eigenvalue weighted by atomic mass is 10.1. The van der Waals surface area contributed by atoms with Gasteiger partial charge < -0.3 is 0 Å². The van der Waals surface area contributed by atoms with E-state index in [9.17, 15) is 8.42 Å². The summed E-state index contributed by atoms with van der Waals surface area (Å²) in [6, 6.07) is 11.4. The van der Waals surface area contributed by atoms with E-state index < -0.39 is 10.0 Å². The number of nitrogens with zero attached hydrogens (tertiary/aromatic N) is 2. The highest BCUT2D eigenvalue weighted by Crippen LogP contribution is 2.33. The van der Waals surface area contributed by atoms with Crippen LogP contribution >= 0.6 is 11.3 Å². The average Bonchev–Trinajstić information content (AvgIpc) is 2.96. The van der Waals surface area contributed by atoms with Crippen LogP contribution in [0.1, 0.15) is 34.7 Å². The molecule has 6 heteroatoms. The van der Waals surface area contributed by atoms with Gasteiger partial charge in [0, 0.05) is 7.05 Å². The molecule has 0 radical (unpaired) electrons. The van der Waals surface area contributed by atoms with Crippen LogP contribution in [0.3, 0.4) is 0 Å². The number of benzene rings is 2. The Balaban J connectivity index is 2.02. The van der Waals surface area contributed by atoms with Crippen molar-refractivity contribution in [2.75, 3.05) is 7.05 Å². The Morgan fingerprint density at radius 1 is 1.08 bits per heavy atom. The molecule has 0 bridgehead atoms. The van der Waals surface area contributed by atoms with Crippen LogP contribution in [0.15, 0.2) is 41.3 Å². The number of fused-ring (bicyclic) bond motifs is 1. The van der Waals surface area contributed by atoms with Gasteiger partial charge in [-0.05, 0) is 51.0 Å². The van der Waals surface area contributed by atoms with Crippen LogP contribution in [-0.4, -0.2) is 24.8 Å². The lowest BCUT2D eigenvalue weighted by Gasteiger charge is -2.24. The summed E-state index contributed by atoms with van der Waals surface area (Å²) in [5.41, 5.74) is 3.53. The second-order valence-electron chi connectivity index (χ2n) is 6.44. The van der Waals surface area contributed by atoms with Crippen LogP contribution in [0.4, 0.5) is 0 Å². The topological polar surface area (TPSA) is 50.3 Å². The highest BCUT2D eigenvalue weighted by atomic mass is 32.2. The Bertz CT molecular complexity index is 983. The molecule has 25 heavy (non-hydrogen) atoms. The van der Waals surface area contributed by atoms with Gasteiger partial charge in [0.2, 0.25) is 10.0 Å². The minimum atomic E-state index is -3.60. The van der Waals surface area contributed by atoms with Crippen molar-refractivity contribution in [1.29, 1.82) is 0 Å². The molecule has 0 aliphatic heterocycles. The van der Waals surface area contributed by atoms with Crippen LogP contribution in [0.2, 0.25) is 0 Å². The molecule has 0 unspecified atom stereocenters. The van der Waals surface area contributed by atoms with E-state index in [1.165, 1.54) is 15.6 Å². The number of aryl methyl sites for hydroxylation is 3. The van der Waals surface area contributed by atoms with E-state index in [0.717, 1.165) is 31.9 Å². The summed E-state index contributed by atoms with van der Waals surface area (Å²) >= 11 is 1.54. The first kappa shape index (κ1) is 18.0. The highest BCUT2D eigenvalue weighted by Gasteiger charge is 2.30. The zero-order chi connectivity index (χ0) is 18.4. The SMILES string of the molecule is Cc1cc(C)c(S(=O)(=O)N(C)[C@@H](C)c2nc3ccccc3s2)c(C)c1. The fourth-order valence-electron chi connectivity index (χ4n) is 3.15. The molecule has 1 atom stereocenters. The molecule has 132 valence electrons. The zero-order valence-corrected chi connectivity index (χ0v) is 16.7. The van der Waals surface area contributed by atoms with E-state index in [1.54, 1.807) is 7.05 Å². The third kappa shape index (κ3) is 3.21. The summed E-state index contributed by atoms with van der Waals surface area (Å²) in [7, 11) is -1.97. The monoisotopic (exact) mass is 374 g/mol. The van der Waals surface area contributed by atoms with E-state index in [0.29, 0.717) is 4.90 Å². The van der Waals surface area contributed by atoms with Gasteiger partial charge in [0.15, 0.2) is 0 Å². The van der Waals surface area contributed by atoms with Crippen LogP contribution in [0.25, 0.3) is 10.2 Å². The van der Waals surface area contributed by atoms with E-state index in [4.69, 9.17) is 0 Å². The summed E-state index contributed by atoms with van der Waals surface area (Å²) in [4.78, 5) is 5.01. The zero-order valence-electron chi connectivity index (χ0n) is 15.1. The standard InChI is InChI=1S/C19H22N2O2S2/c1-12-10-13(2)18(14(3)11-12)25(22,23)21(5)15(4)19-20-16-8-6-7-9-17(16)24-19/h6-11,15H,1-5H3/t15-/m0/s1. The molecule has 3 rings (SSSR count). The first-order valence-corrected chi connectivity index (χ1v) is 10.4. The van der Waals surface area contributed by atoms with E-state index in [-0.39, 0.29) is 6.04 Å². The molecule has 0 saturated heterocycles. The van der Waals surface area contributed by atoms with Gasteiger partial charge in [-0.1, -0.05) is 29.8 Å². The molecule has 0 fully saturated rings. The molecular weight excluding hydrogens is 352 g/mol. The first-order chi connectivity index (χ1) is 11.7. The van der Waals surface area contributed by atoms with Gasteiger partial charge in [-0.3, -0.25) is 0 Å². The molecular formula is C19H22N2O2S2. The quantitative estimate of drug-likeness (QED) is 0.670. The van der Waals surface area contributed by atoms with Crippen molar-refractivity contribution in [1.82, 2.24) is 9.29 Å². The maximum absolute atomic E-state index is 13.2. The molecule has 0 amide bonds. The van der Waals surface area contributed by atoms with Crippen molar-refractivity contribution in [2.24, 2.45) is 0 Å². The van der Waals surface area contributed by atoms with Crippen LogP contribution in [0, 0.1) is 20.8 Å². The van der Waals surface area contributed by atoms with Crippen molar-refractivity contribution in [3.63, 3.8) is 0 Å². The third-order valence-corrected chi connectivity index (χ3v) is 7.90. The number of hydrogen-bond donors (Lipinski definition) is 0. The normalized spacial score (nSPS) is 13.5. The number of para-hydroxylation sites is 1. The van der Waals surface area contributed by atoms with Gasteiger partial charge in [0.05, 0.1) is 21.2 Å². The predicted octanol–water partition coefficient (Wildman–Crippen LogP) is 4.60. The summed E-state index contributed by atoms with van der Waals surface area (Å²) in [6.45, 7) is 7.56. The summed E-state index contributed by atoms with van der Waals surface area (Å²) in [5, 5.41) is 0.801. The maximum atomic E-state index is 13.2. The molecule has 1 aromatic heterocycles. The Hall–Kier alpha value is -1.76. The van der Waals surface area contributed by atoms with Crippen molar-refractivity contribution < 1.29 is 8.42 Å². The average molecular weight is 375 g/mol. The predicted molar refractivity (Wildman–Crippen MR) is 104 cm³/mol. The Labute approximate surface area is 153 Å². The van der Waals surface area contributed by atoms with Gasteiger partial charge in [0.1, 0.15) is 5.01 Å². The lowest BCUT2D eigenvalue weighted by Crippen LogP contribution is -2.30. The molecule has 0 saturated carbocycles. The molecule has 0 aliphatic carbocycles. The Morgan fingerprint density at radius 3 is 2.28 bits per heavy atom. The molecule has 0 aliphatic rings. The lowest BCUT2D eigenvalue weighted by molar-refractivity contribution is 0.397. The van der Waals surface area contributed by atoms with Crippen molar-refractivity contribution in [2.45, 2.75) is 38.6 Å². The van der Waals surface area contributed by atoms with Crippen molar-refractivity contribution >= 4 is 31.6 Å². The largest absolute Gasteiger partial charge is 0.243 e. The molecule has 0 spiro atoms. The summed E-state index contributed by atoms with van der Waals surface area (Å²) in [6.07, 6.45) is 0. The maximum Gasteiger partial charge on any atom is 0.243 e. The second kappa shape index (κ2) is 6.52. The van der Waals surface area contributed by atoms with Gasteiger partial charge >= 0.3 is 0 Å². The minimum absolute atomic E-state index is 0.331. The Kier molecular flexibility index (Phi) is 4.70. The van der Waals surface area contributed by atoms with Crippen LogP contribution in [-0.2, 0) is 10.0 Å². The van der Waals surface area contributed by atoms with Gasteiger partial charge in [0.25, 0.3) is 0 Å². The van der Waals surface area contributed by atoms with Crippen LogP contribution in [0.5, 0.6) is 0 Å². The van der Waals surface area contributed by atoms with E-state index in [1.807, 2.05) is 64.1 Å². The third-order valence-electron chi connectivity index (χ3n) is 4.45. The van der Waals surface area contributed by atoms with Gasteiger partial charge in [-0.25, -0.2) is 13.4 Å². The number of rotatable bonds is 4. The number of sulfonamides is 1. The fraction of sp³-hybridized carbons (Fsp3) is 0.316. The fourth-order valence-corrected chi connectivity index (χ4v) is 6.02. The smallest absolute Gasteiger partial charge is 0.239 e. The van der Waals surface area contributed by atoms with Crippen molar-refractivity contribution in [3.8, 4) is 0 Å². The van der Waals surface area contributed by atoms with E-state index >= 15 is 0 Å². The number of thiazole rings is 1. The molecule has 3 aromatic rings. The summed E-state index contributed by atoms with van der Waals surface area (Å²) < 4.78 is 28.9. The number of hydrogen-bond acceptors (Lipinski definition) is 4. The minimum Gasteiger partial charge on any atom is -0.239 e.